The minimum absolute atomic E-state index is 0.0273. The second-order valence-corrected chi connectivity index (χ2v) is 5.84. The molecule has 2 heterocycles. The number of nitrogens with two attached hydrogens (primary N) is 2. The highest BCUT2D eigenvalue weighted by Gasteiger charge is 2.16. The van der Waals surface area contributed by atoms with Crippen molar-refractivity contribution in [3.8, 4) is 0 Å². The molecule has 0 amide bonds. The van der Waals surface area contributed by atoms with Gasteiger partial charge in [0, 0.05) is 24.9 Å². The zero-order valence-electron chi connectivity index (χ0n) is 13.8. The summed E-state index contributed by atoms with van der Waals surface area (Å²) in [7, 11) is 0. The Kier molecular flexibility index (Phi) is 4.50. The summed E-state index contributed by atoms with van der Waals surface area (Å²) in [6, 6.07) is 7.96. The summed E-state index contributed by atoms with van der Waals surface area (Å²) in [5.41, 5.74) is 14.2. The number of nitrogens with zero attached hydrogens (tertiary/aromatic N) is 3. The highest BCUT2D eigenvalue weighted by Crippen LogP contribution is 2.29. The SMILES string of the molecule is CCCCc1nc2c(N)nc3ccccc3c2n1CCNC(=N)N. The summed E-state index contributed by atoms with van der Waals surface area (Å²) in [5.74, 6) is 1.43. The molecule has 3 rings (SSSR count). The molecule has 0 aliphatic heterocycles. The van der Waals surface area contributed by atoms with Crippen LogP contribution in [0.1, 0.15) is 25.6 Å². The van der Waals surface area contributed by atoms with Crippen molar-refractivity contribution >= 4 is 33.7 Å². The minimum atomic E-state index is -0.0273. The molecule has 0 bridgehead atoms. The van der Waals surface area contributed by atoms with E-state index in [0.29, 0.717) is 18.9 Å². The van der Waals surface area contributed by atoms with E-state index in [4.69, 9.17) is 21.9 Å². The first kappa shape index (κ1) is 16.0. The van der Waals surface area contributed by atoms with Crippen LogP contribution in [0.25, 0.3) is 21.9 Å². The Hall–Kier alpha value is -2.83. The second kappa shape index (κ2) is 6.74. The number of imidazole rings is 1. The van der Waals surface area contributed by atoms with E-state index in [0.717, 1.165) is 47.0 Å². The molecule has 0 saturated carbocycles. The van der Waals surface area contributed by atoms with Gasteiger partial charge in [0.1, 0.15) is 11.3 Å². The van der Waals surface area contributed by atoms with E-state index in [9.17, 15) is 0 Å². The number of benzene rings is 1. The molecular formula is C17H23N7. The fraction of sp³-hybridized carbons (Fsp3) is 0.353. The molecule has 0 radical (unpaired) electrons. The first-order valence-corrected chi connectivity index (χ1v) is 8.23. The number of aromatic nitrogens is 3. The normalized spacial score (nSPS) is 11.2. The number of anilines is 1. The predicted octanol–water partition coefficient (Wildman–Crippen LogP) is 1.99. The van der Waals surface area contributed by atoms with E-state index in [-0.39, 0.29) is 5.96 Å². The van der Waals surface area contributed by atoms with Gasteiger partial charge in [0.05, 0.1) is 11.0 Å². The van der Waals surface area contributed by atoms with Crippen LogP contribution in [-0.2, 0) is 13.0 Å². The second-order valence-electron chi connectivity index (χ2n) is 5.84. The number of guanidine groups is 1. The van der Waals surface area contributed by atoms with E-state index in [1.54, 1.807) is 0 Å². The third-order valence-corrected chi connectivity index (χ3v) is 4.09. The largest absolute Gasteiger partial charge is 0.382 e. The molecule has 6 N–H and O–H groups in total. The highest BCUT2D eigenvalue weighted by atomic mass is 15.1. The van der Waals surface area contributed by atoms with Gasteiger partial charge >= 0.3 is 0 Å². The molecule has 0 fully saturated rings. The Morgan fingerprint density at radius 3 is 2.83 bits per heavy atom. The molecule has 1 aromatic carbocycles. The van der Waals surface area contributed by atoms with Crippen LogP contribution >= 0.6 is 0 Å². The van der Waals surface area contributed by atoms with Gasteiger partial charge in [-0.15, -0.1) is 0 Å². The Bertz CT molecular complexity index is 881. The van der Waals surface area contributed by atoms with Gasteiger partial charge in [-0.2, -0.15) is 0 Å². The van der Waals surface area contributed by atoms with Crippen LogP contribution in [0.4, 0.5) is 5.82 Å². The average Bonchev–Trinajstić information content (AvgIpc) is 2.92. The van der Waals surface area contributed by atoms with Gasteiger partial charge in [0.15, 0.2) is 11.8 Å². The van der Waals surface area contributed by atoms with Crippen LogP contribution in [0, 0.1) is 5.41 Å². The van der Waals surface area contributed by atoms with Crippen LogP contribution in [0.15, 0.2) is 24.3 Å². The smallest absolute Gasteiger partial charge is 0.185 e. The zero-order chi connectivity index (χ0) is 17.1. The number of unbranched alkanes of at least 4 members (excludes halogenated alkanes) is 1. The fourth-order valence-corrected chi connectivity index (χ4v) is 2.97. The lowest BCUT2D eigenvalue weighted by Crippen LogP contribution is -2.33. The molecule has 3 aromatic rings. The maximum Gasteiger partial charge on any atom is 0.185 e. The topological polar surface area (TPSA) is 119 Å². The number of para-hydroxylation sites is 1. The summed E-state index contributed by atoms with van der Waals surface area (Å²) in [6.07, 6.45) is 3.05. The fourth-order valence-electron chi connectivity index (χ4n) is 2.97. The van der Waals surface area contributed by atoms with Gasteiger partial charge in [-0.1, -0.05) is 31.5 Å². The number of nitrogen functional groups attached to an aromatic ring is 1. The van der Waals surface area contributed by atoms with Gasteiger partial charge in [0.25, 0.3) is 0 Å². The third kappa shape index (κ3) is 2.97. The lowest BCUT2D eigenvalue weighted by Gasteiger charge is -2.11. The van der Waals surface area contributed by atoms with Crippen molar-refractivity contribution in [3.05, 3.63) is 30.1 Å². The van der Waals surface area contributed by atoms with Crippen molar-refractivity contribution in [2.75, 3.05) is 12.3 Å². The van der Waals surface area contributed by atoms with Crippen molar-refractivity contribution in [1.29, 1.82) is 5.41 Å². The molecule has 7 heteroatoms. The number of rotatable bonds is 6. The van der Waals surface area contributed by atoms with E-state index in [1.807, 2.05) is 24.3 Å². The number of fused-ring (bicyclic) bond motifs is 3. The molecule has 24 heavy (non-hydrogen) atoms. The van der Waals surface area contributed by atoms with Crippen molar-refractivity contribution in [2.24, 2.45) is 5.73 Å². The molecule has 0 aliphatic rings. The Balaban J connectivity index is 2.16. The number of aryl methyl sites for hydroxylation is 1. The first-order chi connectivity index (χ1) is 11.6. The monoisotopic (exact) mass is 325 g/mol. The Morgan fingerprint density at radius 1 is 1.29 bits per heavy atom. The maximum atomic E-state index is 7.33. The van der Waals surface area contributed by atoms with Crippen LogP contribution in [0.5, 0.6) is 0 Å². The number of nitrogens with one attached hydrogen (secondary N) is 2. The van der Waals surface area contributed by atoms with E-state index >= 15 is 0 Å². The number of pyridine rings is 1. The van der Waals surface area contributed by atoms with Crippen molar-refractivity contribution < 1.29 is 0 Å². The molecule has 0 aliphatic carbocycles. The molecule has 0 atom stereocenters. The van der Waals surface area contributed by atoms with Gasteiger partial charge in [-0.25, -0.2) is 9.97 Å². The molecule has 2 aromatic heterocycles. The van der Waals surface area contributed by atoms with Crippen LogP contribution < -0.4 is 16.8 Å². The standard InChI is InChI=1S/C17H23N7/c1-2-3-8-13-23-14-15(24(13)10-9-21-17(19)20)11-6-4-5-7-12(11)22-16(14)18/h4-7H,2-3,8-10H2,1H3,(H2,18,22)(H4,19,20,21). The molecule has 0 unspecified atom stereocenters. The molecule has 126 valence electrons. The van der Waals surface area contributed by atoms with Crippen LogP contribution in [0.2, 0.25) is 0 Å². The predicted molar refractivity (Wildman–Crippen MR) is 98.0 cm³/mol. The molecular weight excluding hydrogens is 302 g/mol. The molecule has 7 nitrogen and oxygen atoms in total. The number of hydrogen-bond acceptors (Lipinski definition) is 4. The lowest BCUT2D eigenvalue weighted by molar-refractivity contribution is 0.632. The maximum absolute atomic E-state index is 7.33. The van der Waals surface area contributed by atoms with Crippen molar-refractivity contribution in [3.63, 3.8) is 0 Å². The Labute approximate surface area is 140 Å². The zero-order valence-corrected chi connectivity index (χ0v) is 13.8. The van der Waals surface area contributed by atoms with Gasteiger partial charge in [-0.3, -0.25) is 5.41 Å². The Morgan fingerprint density at radius 2 is 2.08 bits per heavy atom. The van der Waals surface area contributed by atoms with Crippen molar-refractivity contribution in [1.82, 2.24) is 19.9 Å². The summed E-state index contributed by atoms with van der Waals surface area (Å²) in [5, 5.41) is 11.2. The van der Waals surface area contributed by atoms with Crippen LogP contribution in [-0.4, -0.2) is 27.0 Å². The lowest BCUT2D eigenvalue weighted by atomic mass is 10.2. The quantitative estimate of drug-likeness (QED) is 0.408. The molecule has 0 spiro atoms. The minimum Gasteiger partial charge on any atom is -0.382 e. The average molecular weight is 325 g/mol. The van der Waals surface area contributed by atoms with Gasteiger partial charge in [0.2, 0.25) is 0 Å². The van der Waals surface area contributed by atoms with E-state index in [1.165, 1.54) is 0 Å². The molecule has 0 saturated heterocycles. The van der Waals surface area contributed by atoms with E-state index < -0.39 is 0 Å². The van der Waals surface area contributed by atoms with E-state index in [2.05, 4.69) is 21.8 Å². The first-order valence-electron chi connectivity index (χ1n) is 8.23. The number of hydrogen-bond donors (Lipinski definition) is 4. The highest BCUT2D eigenvalue weighted by molar-refractivity contribution is 6.06. The van der Waals surface area contributed by atoms with Crippen molar-refractivity contribution in [2.45, 2.75) is 32.7 Å². The van der Waals surface area contributed by atoms with Gasteiger partial charge in [-0.05, 0) is 12.5 Å². The van der Waals surface area contributed by atoms with Crippen LogP contribution in [0.3, 0.4) is 0 Å². The summed E-state index contributed by atoms with van der Waals surface area (Å²) >= 11 is 0. The third-order valence-electron chi connectivity index (χ3n) is 4.09. The summed E-state index contributed by atoms with van der Waals surface area (Å²) in [6.45, 7) is 3.40. The summed E-state index contributed by atoms with van der Waals surface area (Å²) < 4.78 is 2.18. The summed E-state index contributed by atoms with van der Waals surface area (Å²) in [4.78, 5) is 9.24. The van der Waals surface area contributed by atoms with Gasteiger partial charge < -0.3 is 21.4 Å².